The van der Waals surface area contributed by atoms with Crippen LogP contribution in [0.15, 0.2) is 4.79 Å². The van der Waals surface area contributed by atoms with Crippen LogP contribution in [0.4, 0.5) is 0 Å². The van der Waals surface area contributed by atoms with E-state index in [-0.39, 0.29) is 17.4 Å². The van der Waals surface area contributed by atoms with Gasteiger partial charge in [-0.2, -0.15) is 0 Å². The van der Waals surface area contributed by atoms with Crippen molar-refractivity contribution < 1.29 is 14.3 Å². The van der Waals surface area contributed by atoms with E-state index in [4.69, 9.17) is 0 Å². The summed E-state index contributed by atoms with van der Waals surface area (Å²) in [6.45, 7) is 0.584. The number of ether oxygens (including phenoxy) is 1. The average Bonchev–Trinajstić information content (AvgIpc) is 3.07. The quantitative estimate of drug-likeness (QED) is 0.493. The van der Waals surface area contributed by atoms with E-state index >= 15 is 0 Å². The van der Waals surface area contributed by atoms with E-state index in [0.29, 0.717) is 31.6 Å². The molecule has 8 heteroatoms. The highest BCUT2D eigenvalue weighted by Gasteiger charge is 2.19. The fourth-order valence-electron chi connectivity index (χ4n) is 3.55. The monoisotopic (exact) mass is 405 g/mol. The Bertz CT molecular complexity index is 903. The van der Waals surface area contributed by atoms with E-state index in [0.717, 1.165) is 48.7 Å². The summed E-state index contributed by atoms with van der Waals surface area (Å²) >= 11 is 1.62. The maximum absolute atomic E-state index is 12.5. The van der Waals surface area contributed by atoms with Gasteiger partial charge in [0, 0.05) is 30.7 Å². The molecule has 0 fully saturated rings. The molecule has 0 aliphatic heterocycles. The zero-order valence-corrected chi connectivity index (χ0v) is 17.1. The predicted molar refractivity (Wildman–Crippen MR) is 109 cm³/mol. The van der Waals surface area contributed by atoms with Crippen molar-refractivity contribution in [3.63, 3.8) is 0 Å². The molecule has 1 amide bonds. The summed E-state index contributed by atoms with van der Waals surface area (Å²) in [5.41, 5.74) is 1.10. The number of hydrogen-bond acceptors (Lipinski definition) is 6. The third-order valence-corrected chi connectivity index (χ3v) is 6.26. The molecule has 0 unspecified atom stereocenters. The minimum atomic E-state index is -0.200. The summed E-state index contributed by atoms with van der Waals surface area (Å²) in [5, 5.41) is 3.62. The molecule has 2 aromatic heterocycles. The van der Waals surface area contributed by atoms with Gasteiger partial charge in [0.05, 0.1) is 12.5 Å². The lowest BCUT2D eigenvalue weighted by Gasteiger charge is -2.09. The smallest absolute Gasteiger partial charge is 0.305 e. The van der Waals surface area contributed by atoms with E-state index < -0.39 is 0 Å². The number of thiophene rings is 1. The number of aromatic nitrogens is 2. The SMILES string of the molecule is COC(=O)CCCCCNC(=O)CCc1nc2sc3c(c2c(=O)[nH]1)CCCC3. The number of aryl methyl sites for hydroxylation is 3. The lowest BCUT2D eigenvalue weighted by atomic mass is 9.97. The van der Waals surface area contributed by atoms with Crippen LogP contribution in [0, 0.1) is 0 Å². The maximum Gasteiger partial charge on any atom is 0.305 e. The molecular formula is C20H27N3O4S. The molecule has 0 saturated heterocycles. The molecule has 0 bridgehead atoms. The van der Waals surface area contributed by atoms with Gasteiger partial charge in [-0.1, -0.05) is 6.42 Å². The highest BCUT2D eigenvalue weighted by Crippen LogP contribution is 2.33. The number of aromatic amines is 1. The molecule has 0 aromatic carbocycles. The first-order valence-electron chi connectivity index (χ1n) is 9.95. The first kappa shape index (κ1) is 20.5. The Kier molecular flexibility index (Phi) is 7.19. The van der Waals surface area contributed by atoms with Gasteiger partial charge >= 0.3 is 5.97 Å². The second-order valence-electron chi connectivity index (χ2n) is 7.14. The van der Waals surface area contributed by atoms with E-state index in [1.165, 1.54) is 24.0 Å². The normalized spacial score (nSPS) is 13.3. The molecule has 1 aliphatic carbocycles. The molecule has 0 radical (unpaired) electrons. The first-order chi connectivity index (χ1) is 13.6. The second kappa shape index (κ2) is 9.82. The Morgan fingerprint density at radius 2 is 2.00 bits per heavy atom. The second-order valence-corrected chi connectivity index (χ2v) is 8.22. The molecule has 0 spiro atoms. The van der Waals surface area contributed by atoms with Crippen LogP contribution in [0.3, 0.4) is 0 Å². The number of esters is 1. The Morgan fingerprint density at radius 3 is 2.82 bits per heavy atom. The molecule has 152 valence electrons. The van der Waals surface area contributed by atoms with Crippen molar-refractivity contribution in [3.05, 3.63) is 26.6 Å². The number of nitrogens with one attached hydrogen (secondary N) is 2. The summed E-state index contributed by atoms with van der Waals surface area (Å²) in [5.74, 6) is 0.319. The van der Waals surface area contributed by atoms with Gasteiger partial charge < -0.3 is 15.0 Å². The topological polar surface area (TPSA) is 101 Å². The zero-order valence-electron chi connectivity index (χ0n) is 16.3. The number of methoxy groups -OCH3 is 1. The number of H-pyrrole nitrogens is 1. The van der Waals surface area contributed by atoms with Gasteiger partial charge in [0.25, 0.3) is 5.56 Å². The fraction of sp³-hybridized carbons (Fsp3) is 0.600. The number of amides is 1. The van der Waals surface area contributed by atoms with E-state index in [2.05, 4.69) is 20.0 Å². The summed E-state index contributed by atoms with van der Waals surface area (Å²) in [4.78, 5) is 45.1. The van der Waals surface area contributed by atoms with Crippen LogP contribution in [0.1, 0.15) is 61.2 Å². The van der Waals surface area contributed by atoms with Crippen LogP contribution in [-0.4, -0.2) is 35.5 Å². The molecule has 3 rings (SSSR count). The molecule has 0 atom stereocenters. The van der Waals surface area contributed by atoms with Gasteiger partial charge in [-0.05, 0) is 44.1 Å². The minimum Gasteiger partial charge on any atom is -0.469 e. The number of carbonyl (C=O) groups is 2. The van der Waals surface area contributed by atoms with Crippen molar-refractivity contribution >= 4 is 33.4 Å². The van der Waals surface area contributed by atoms with Crippen LogP contribution >= 0.6 is 11.3 Å². The van der Waals surface area contributed by atoms with Gasteiger partial charge in [-0.25, -0.2) is 4.98 Å². The molecular weight excluding hydrogens is 378 g/mol. The third-order valence-electron chi connectivity index (χ3n) is 5.07. The van der Waals surface area contributed by atoms with Crippen molar-refractivity contribution in [2.24, 2.45) is 0 Å². The summed E-state index contributed by atoms with van der Waals surface area (Å²) in [6, 6.07) is 0. The number of hydrogen-bond donors (Lipinski definition) is 2. The molecule has 2 heterocycles. The summed E-state index contributed by atoms with van der Waals surface area (Å²) < 4.78 is 4.59. The number of nitrogens with zero attached hydrogens (tertiary/aromatic N) is 1. The maximum atomic E-state index is 12.5. The van der Waals surface area contributed by atoms with Gasteiger partial charge in [0.2, 0.25) is 5.91 Å². The van der Waals surface area contributed by atoms with Crippen molar-refractivity contribution in [2.75, 3.05) is 13.7 Å². The van der Waals surface area contributed by atoms with Gasteiger partial charge in [0.15, 0.2) is 0 Å². The van der Waals surface area contributed by atoms with E-state index in [1.807, 2.05) is 0 Å². The summed E-state index contributed by atoms with van der Waals surface area (Å²) in [6.07, 6.45) is 7.87. The standard InChI is InChI=1S/C20H27N3O4S/c1-27-17(25)9-3-2-6-12-21-16(24)11-10-15-22-19(26)18-13-7-4-5-8-14(13)28-20(18)23-15/h2-12H2,1H3,(H,21,24)(H,22,23,26). The van der Waals surface area contributed by atoms with Gasteiger partial charge in [0.1, 0.15) is 10.7 Å². The predicted octanol–water partition coefficient (Wildman–Crippen LogP) is 2.65. The highest BCUT2D eigenvalue weighted by molar-refractivity contribution is 7.18. The average molecular weight is 406 g/mol. The van der Waals surface area contributed by atoms with Crippen LogP contribution in [-0.2, 0) is 33.6 Å². The Labute approximate surface area is 167 Å². The fourth-order valence-corrected chi connectivity index (χ4v) is 4.83. The van der Waals surface area contributed by atoms with Crippen molar-refractivity contribution in [2.45, 2.75) is 64.2 Å². The van der Waals surface area contributed by atoms with E-state index in [9.17, 15) is 14.4 Å². The zero-order chi connectivity index (χ0) is 19.9. The van der Waals surface area contributed by atoms with Crippen LogP contribution in [0.2, 0.25) is 0 Å². The third kappa shape index (κ3) is 5.19. The minimum absolute atomic E-state index is 0.0545. The van der Waals surface area contributed by atoms with Crippen molar-refractivity contribution in [3.8, 4) is 0 Å². The first-order valence-corrected chi connectivity index (χ1v) is 10.8. The number of carbonyl (C=O) groups excluding carboxylic acids is 2. The molecule has 2 N–H and O–H groups in total. The van der Waals surface area contributed by atoms with Crippen LogP contribution in [0.25, 0.3) is 10.2 Å². The Hall–Kier alpha value is -2.22. The highest BCUT2D eigenvalue weighted by atomic mass is 32.1. The Balaban J connectivity index is 1.45. The summed E-state index contributed by atoms with van der Waals surface area (Å²) in [7, 11) is 1.38. The van der Waals surface area contributed by atoms with Crippen LogP contribution < -0.4 is 10.9 Å². The molecule has 1 aliphatic rings. The molecule has 7 nitrogen and oxygen atoms in total. The van der Waals surface area contributed by atoms with Gasteiger partial charge in [-0.3, -0.25) is 14.4 Å². The van der Waals surface area contributed by atoms with Gasteiger partial charge in [-0.15, -0.1) is 11.3 Å². The van der Waals surface area contributed by atoms with Crippen molar-refractivity contribution in [1.82, 2.24) is 15.3 Å². The number of rotatable bonds is 9. The molecule has 0 saturated carbocycles. The Morgan fingerprint density at radius 1 is 1.18 bits per heavy atom. The lowest BCUT2D eigenvalue weighted by Crippen LogP contribution is -2.25. The number of fused-ring (bicyclic) bond motifs is 3. The lowest BCUT2D eigenvalue weighted by molar-refractivity contribution is -0.140. The number of unbranched alkanes of at least 4 members (excludes halogenated alkanes) is 2. The molecule has 2 aromatic rings. The van der Waals surface area contributed by atoms with E-state index in [1.54, 1.807) is 11.3 Å². The van der Waals surface area contributed by atoms with Crippen LogP contribution in [0.5, 0.6) is 0 Å². The molecule has 28 heavy (non-hydrogen) atoms. The largest absolute Gasteiger partial charge is 0.469 e. The van der Waals surface area contributed by atoms with Crippen molar-refractivity contribution in [1.29, 1.82) is 0 Å².